The summed E-state index contributed by atoms with van der Waals surface area (Å²) in [5.41, 5.74) is 0. The molecule has 2 bridgehead atoms. The average molecular weight is 324 g/mol. The topological polar surface area (TPSA) is 44.8 Å². The third kappa shape index (κ3) is 3.17. The summed E-state index contributed by atoms with van der Waals surface area (Å²) in [5, 5.41) is 0. The first-order valence-corrected chi connectivity index (χ1v) is 9.61. The van der Waals surface area contributed by atoms with Crippen molar-refractivity contribution in [3.05, 3.63) is 0 Å². The van der Waals surface area contributed by atoms with Crippen LogP contribution in [0.3, 0.4) is 0 Å². The summed E-state index contributed by atoms with van der Waals surface area (Å²) in [5.74, 6) is 2.41. The van der Waals surface area contributed by atoms with Crippen molar-refractivity contribution in [2.45, 2.75) is 71.5 Å². The normalized spacial score (nSPS) is 41.3. The van der Waals surface area contributed by atoms with Gasteiger partial charge in [-0.05, 0) is 55.8 Å². The zero-order valence-corrected chi connectivity index (χ0v) is 14.8. The van der Waals surface area contributed by atoms with Gasteiger partial charge in [0.25, 0.3) is 0 Å². The lowest BCUT2D eigenvalue weighted by molar-refractivity contribution is -0.164. The number of rotatable bonds is 8. The largest absolute Gasteiger partial charge is 0.438 e. The summed E-state index contributed by atoms with van der Waals surface area (Å²) in [4.78, 5) is 12.5. The molecule has 4 heteroatoms. The minimum absolute atomic E-state index is 0.0396. The number of hydrogen-bond donors (Lipinski definition) is 0. The molecule has 0 aromatic heterocycles. The van der Waals surface area contributed by atoms with Gasteiger partial charge in [-0.3, -0.25) is 4.79 Å². The summed E-state index contributed by atoms with van der Waals surface area (Å²) in [7, 11) is 0. The van der Waals surface area contributed by atoms with Crippen LogP contribution >= 0.6 is 0 Å². The van der Waals surface area contributed by atoms with Crippen molar-refractivity contribution < 1.29 is 19.0 Å². The van der Waals surface area contributed by atoms with Gasteiger partial charge in [0.2, 0.25) is 0 Å². The van der Waals surface area contributed by atoms with Crippen molar-refractivity contribution in [3.63, 3.8) is 0 Å². The molecule has 0 aromatic carbocycles. The zero-order valence-electron chi connectivity index (χ0n) is 14.8. The molecule has 1 heterocycles. The van der Waals surface area contributed by atoms with E-state index in [1.807, 2.05) is 0 Å². The molecule has 1 saturated heterocycles. The molecular formula is C19H32O4. The van der Waals surface area contributed by atoms with Crippen LogP contribution in [0.4, 0.5) is 0 Å². The molecule has 0 N–H and O–H groups in total. The van der Waals surface area contributed by atoms with E-state index in [4.69, 9.17) is 14.2 Å². The van der Waals surface area contributed by atoms with Gasteiger partial charge in [-0.25, -0.2) is 0 Å². The van der Waals surface area contributed by atoms with E-state index in [1.165, 1.54) is 6.42 Å². The minimum atomic E-state index is -0.0396. The molecule has 4 nitrogen and oxygen atoms in total. The quantitative estimate of drug-likeness (QED) is 0.387. The fourth-order valence-corrected chi connectivity index (χ4v) is 5.45. The van der Waals surface area contributed by atoms with Gasteiger partial charge in [0.05, 0.1) is 24.7 Å². The van der Waals surface area contributed by atoms with Crippen molar-refractivity contribution in [3.8, 4) is 0 Å². The number of unbranched alkanes of at least 4 members (excludes halogenated alkanes) is 1. The second kappa shape index (κ2) is 7.52. The van der Waals surface area contributed by atoms with Gasteiger partial charge >= 0.3 is 5.97 Å². The first-order chi connectivity index (χ1) is 11.2. The average Bonchev–Trinajstić information content (AvgIpc) is 3.24. The van der Waals surface area contributed by atoms with E-state index in [-0.39, 0.29) is 18.7 Å². The monoisotopic (exact) mass is 324 g/mol. The van der Waals surface area contributed by atoms with E-state index in [0.717, 1.165) is 32.1 Å². The highest BCUT2D eigenvalue weighted by Gasteiger charge is 2.62. The Hall–Kier alpha value is -0.610. The standard InChI is InChI=1S/C19H32O4/c1-4-7-8-21-11-22-19(20)14-10-12-9-13(14)18-16(6-3)23-15(5-2)17(12)18/h12-18H,4-11H2,1-3H3. The SMILES string of the molecule is CCCCOCOC(=O)C1CC2CC1C1C(CC)OC(CC)C21. The van der Waals surface area contributed by atoms with Gasteiger partial charge in [0.1, 0.15) is 0 Å². The van der Waals surface area contributed by atoms with E-state index in [0.29, 0.717) is 42.5 Å². The third-order valence-corrected chi connectivity index (χ3v) is 6.37. The molecule has 3 rings (SSSR count). The molecule has 3 fully saturated rings. The first kappa shape index (κ1) is 17.2. The number of esters is 1. The Labute approximate surface area is 140 Å². The van der Waals surface area contributed by atoms with Gasteiger partial charge in [-0.1, -0.05) is 27.2 Å². The second-order valence-electron chi connectivity index (χ2n) is 7.53. The van der Waals surface area contributed by atoms with Crippen LogP contribution in [0, 0.1) is 29.6 Å². The van der Waals surface area contributed by atoms with Crippen LogP contribution in [-0.4, -0.2) is 31.6 Å². The molecule has 0 radical (unpaired) electrons. The van der Waals surface area contributed by atoms with Crippen LogP contribution in [0.25, 0.3) is 0 Å². The highest BCUT2D eigenvalue weighted by Crippen LogP contribution is 2.62. The fraction of sp³-hybridized carbons (Fsp3) is 0.947. The molecular weight excluding hydrogens is 292 g/mol. The molecule has 2 saturated carbocycles. The molecule has 0 amide bonds. The smallest absolute Gasteiger partial charge is 0.311 e. The van der Waals surface area contributed by atoms with Crippen molar-refractivity contribution >= 4 is 5.97 Å². The Kier molecular flexibility index (Phi) is 5.63. The Balaban J connectivity index is 1.55. The molecule has 0 spiro atoms. The number of fused-ring (bicyclic) bond motifs is 5. The summed E-state index contributed by atoms with van der Waals surface area (Å²) in [6.45, 7) is 7.35. The lowest BCUT2D eigenvalue weighted by Crippen LogP contribution is -2.36. The van der Waals surface area contributed by atoms with Gasteiger partial charge in [-0.2, -0.15) is 0 Å². The van der Waals surface area contributed by atoms with Crippen molar-refractivity contribution in [1.29, 1.82) is 0 Å². The molecule has 23 heavy (non-hydrogen) atoms. The van der Waals surface area contributed by atoms with Crippen molar-refractivity contribution in [1.82, 2.24) is 0 Å². The van der Waals surface area contributed by atoms with Crippen molar-refractivity contribution in [2.75, 3.05) is 13.4 Å². The van der Waals surface area contributed by atoms with E-state index in [2.05, 4.69) is 20.8 Å². The van der Waals surface area contributed by atoms with Crippen molar-refractivity contribution in [2.24, 2.45) is 29.6 Å². The van der Waals surface area contributed by atoms with Crippen LogP contribution in [0.1, 0.15) is 59.3 Å². The molecule has 3 aliphatic rings. The number of carbonyl (C=O) groups is 1. The summed E-state index contributed by atoms with van der Waals surface area (Å²) in [6, 6.07) is 0. The van der Waals surface area contributed by atoms with E-state index < -0.39 is 0 Å². The molecule has 7 unspecified atom stereocenters. The van der Waals surface area contributed by atoms with Gasteiger partial charge in [0.15, 0.2) is 6.79 Å². The Bertz CT molecular complexity index is 410. The maximum absolute atomic E-state index is 12.5. The highest BCUT2D eigenvalue weighted by molar-refractivity contribution is 5.73. The predicted molar refractivity (Wildman–Crippen MR) is 87.7 cm³/mol. The van der Waals surface area contributed by atoms with E-state index >= 15 is 0 Å². The fourth-order valence-electron chi connectivity index (χ4n) is 5.45. The summed E-state index contributed by atoms with van der Waals surface area (Å²) >= 11 is 0. The summed E-state index contributed by atoms with van der Waals surface area (Å²) < 4.78 is 17.1. The Morgan fingerprint density at radius 3 is 2.52 bits per heavy atom. The minimum Gasteiger partial charge on any atom is -0.438 e. The number of carbonyl (C=O) groups excluding carboxylic acids is 1. The zero-order chi connectivity index (χ0) is 16.4. The second-order valence-corrected chi connectivity index (χ2v) is 7.53. The van der Waals surface area contributed by atoms with Gasteiger partial charge < -0.3 is 14.2 Å². The van der Waals surface area contributed by atoms with Gasteiger partial charge in [-0.15, -0.1) is 0 Å². The molecule has 2 aliphatic carbocycles. The maximum Gasteiger partial charge on any atom is 0.311 e. The Morgan fingerprint density at radius 2 is 1.83 bits per heavy atom. The lowest BCUT2D eigenvalue weighted by Gasteiger charge is -2.32. The third-order valence-electron chi connectivity index (χ3n) is 6.37. The number of ether oxygens (including phenoxy) is 3. The molecule has 132 valence electrons. The maximum atomic E-state index is 12.5. The van der Waals surface area contributed by atoms with E-state index in [9.17, 15) is 4.79 Å². The predicted octanol–water partition coefficient (Wildman–Crippen LogP) is 3.78. The van der Waals surface area contributed by atoms with Crippen LogP contribution in [0.2, 0.25) is 0 Å². The van der Waals surface area contributed by atoms with E-state index in [1.54, 1.807) is 0 Å². The molecule has 0 aromatic rings. The summed E-state index contributed by atoms with van der Waals surface area (Å²) in [6.07, 6.45) is 7.22. The number of hydrogen-bond acceptors (Lipinski definition) is 4. The molecule has 1 aliphatic heterocycles. The van der Waals surface area contributed by atoms with Crippen LogP contribution in [0.5, 0.6) is 0 Å². The highest BCUT2D eigenvalue weighted by atomic mass is 16.7. The first-order valence-electron chi connectivity index (χ1n) is 9.61. The van der Waals surface area contributed by atoms with Crippen LogP contribution < -0.4 is 0 Å². The molecule has 7 atom stereocenters. The van der Waals surface area contributed by atoms with Crippen LogP contribution in [-0.2, 0) is 19.0 Å². The Morgan fingerprint density at radius 1 is 1.09 bits per heavy atom. The lowest BCUT2D eigenvalue weighted by atomic mass is 9.70. The van der Waals surface area contributed by atoms with Gasteiger partial charge in [0, 0.05) is 0 Å². The van der Waals surface area contributed by atoms with Crippen LogP contribution in [0.15, 0.2) is 0 Å².